The molecular weight excluding hydrogens is 170 g/mol. The molecule has 0 aromatic heterocycles. The van der Waals surface area contributed by atoms with E-state index in [4.69, 9.17) is 14.5 Å². The third kappa shape index (κ3) is 8.18. The van der Waals surface area contributed by atoms with Crippen LogP contribution >= 0.6 is 0 Å². The topological polar surface area (TPSA) is 30.9 Å². The lowest BCUT2D eigenvalue weighted by Gasteiger charge is -2.19. The third-order valence-corrected chi connectivity index (χ3v) is 1.57. The van der Waals surface area contributed by atoms with E-state index in [0.717, 1.165) is 18.2 Å². The molecule has 0 atom stereocenters. The summed E-state index contributed by atoms with van der Waals surface area (Å²) in [7, 11) is 2.99. The zero-order chi connectivity index (χ0) is 10.3. The molecule has 0 unspecified atom stereocenters. The molecule has 0 aliphatic carbocycles. The maximum absolute atomic E-state index is 5.12. The monoisotopic (exact) mass is 191 g/mol. The van der Waals surface area contributed by atoms with Crippen LogP contribution in [-0.2, 0) is 14.5 Å². The summed E-state index contributed by atoms with van der Waals surface area (Å²) >= 11 is 0. The van der Waals surface area contributed by atoms with Crippen molar-refractivity contribution < 1.29 is 14.5 Å². The second-order valence-corrected chi connectivity index (χ2v) is 4.09. The first-order chi connectivity index (χ1) is 5.99. The first-order valence-corrected chi connectivity index (χ1v) is 4.51. The Morgan fingerprint density at radius 1 is 1.08 bits per heavy atom. The van der Waals surface area contributed by atoms with E-state index in [2.05, 4.69) is 20.8 Å². The molecule has 80 valence electrons. The first-order valence-electron chi connectivity index (χ1n) is 4.51. The molecule has 0 saturated carbocycles. The minimum Gasteiger partial charge on any atom is -0.254 e. The van der Waals surface area contributed by atoms with E-state index in [-0.39, 0.29) is 0 Å². The van der Waals surface area contributed by atoms with Crippen molar-refractivity contribution in [1.82, 2.24) is 5.39 Å². The minimum absolute atomic E-state index is 0.355. The molecule has 0 aliphatic rings. The van der Waals surface area contributed by atoms with Gasteiger partial charge in [-0.05, 0) is 18.3 Å². The molecule has 0 bridgehead atoms. The van der Waals surface area contributed by atoms with E-state index < -0.39 is 0 Å². The normalized spacial score (nSPS) is 12.5. The smallest absolute Gasteiger partial charge is 0.0761 e. The van der Waals surface area contributed by atoms with E-state index in [9.17, 15) is 0 Å². The average Bonchev–Trinajstić information content (AvgIpc) is 2.03. The van der Waals surface area contributed by atoms with Gasteiger partial charge in [0.25, 0.3) is 0 Å². The Bertz CT molecular complexity index is 119. The highest BCUT2D eigenvalue weighted by Crippen LogP contribution is 2.20. The van der Waals surface area contributed by atoms with E-state index in [1.54, 1.807) is 0 Å². The van der Waals surface area contributed by atoms with Gasteiger partial charge in [0, 0.05) is 0 Å². The van der Waals surface area contributed by atoms with Gasteiger partial charge in [-0.3, -0.25) is 14.5 Å². The summed E-state index contributed by atoms with van der Waals surface area (Å²) in [5, 5.41) is 1.00. The van der Waals surface area contributed by atoms with Crippen LogP contribution in [-0.4, -0.2) is 26.2 Å². The zero-order valence-corrected chi connectivity index (χ0v) is 9.29. The van der Waals surface area contributed by atoms with Gasteiger partial charge in [0.2, 0.25) is 0 Å². The van der Waals surface area contributed by atoms with Gasteiger partial charge in [-0.2, -0.15) is 0 Å². The quantitative estimate of drug-likeness (QED) is 0.475. The summed E-state index contributed by atoms with van der Waals surface area (Å²) in [6.45, 7) is 7.23. The highest BCUT2D eigenvalue weighted by molar-refractivity contribution is 4.59. The fourth-order valence-corrected chi connectivity index (χ4v) is 0.922. The summed E-state index contributed by atoms with van der Waals surface area (Å²) in [5.41, 5.74) is 0.355. The molecule has 0 spiro atoms. The highest BCUT2D eigenvalue weighted by Gasteiger charge is 2.10. The van der Waals surface area contributed by atoms with Crippen LogP contribution in [0.4, 0.5) is 0 Å². The van der Waals surface area contributed by atoms with Crippen LogP contribution in [0, 0.1) is 5.41 Å². The van der Waals surface area contributed by atoms with Gasteiger partial charge in [0.1, 0.15) is 0 Å². The maximum Gasteiger partial charge on any atom is 0.0761 e. The Morgan fingerprint density at radius 3 is 2.00 bits per heavy atom. The summed E-state index contributed by atoms with van der Waals surface area (Å²) < 4.78 is 0. The molecule has 4 nitrogen and oxygen atoms in total. The Hall–Kier alpha value is -0.160. The summed E-state index contributed by atoms with van der Waals surface area (Å²) in [6, 6.07) is 0. The van der Waals surface area contributed by atoms with Crippen molar-refractivity contribution in [3.05, 3.63) is 0 Å². The Kier molecular flexibility index (Phi) is 6.24. The summed E-state index contributed by atoms with van der Waals surface area (Å²) in [5.74, 6) is 0. The Balaban J connectivity index is 3.34. The van der Waals surface area contributed by atoms with E-state index in [1.807, 2.05) is 0 Å². The summed E-state index contributed by atoms with van der Waals surface area (Å²) in [6.07, 6.45) is 2.11. The van der Waals surface area contributed by atoms with Crippen molar-refractivity contribution in [2.75, 3.05) is 20.8 Å². The van der Waals surface area contributed by atoms with Gasteiger partial charge in [0.15, 0.2) is 0 Å². The van der Waals surface area contributed by atoms with Crippen molar-refractivity contribution in [1.29, 1.82) is 0 Å². The lowest BCUT2D eigenvalue weighted by Crippen LogP contribution is -2.22. The van der Waals surface area contributed by atoms with Gasteiger partial charge < -0.3 is 0 Å². The fourth-order valence-electron chi connectivity index (χ4n) is 0.922. The van der Waals surface area contributed by atoms with Crippen LogP contribution in [0.5, 0.6) is 0 Å². The third-order valence-electron chi connectivity index (χ3n) is 1.57. The van der Waals surface area contributed by atoms with Crippen LogP contribution < -0.4 is 0 Å². The first kappa shape index (κ1) is 12.8. The predicted octanol–water partition coefficient (Wildman–Crippen LogP) is 2.17. The van der Waals surface area contributed by atoms with E-state index in [0.29, 0.717) is 12.0 Å². The van der Waals surface area contributed by atoms with Crippen molar-refractivity contribution in [3.8, 4) is 0 Å². The second kappa shape index (κ2) is 6.32. The van der Waals surface area contributed by atoms with Gasteiger partial charge in [0.05, 0.1) is 26.2 Å². The molecule has 0 rings (SSSR count). The molecule has 0 fully saturated rings. The van der Waals surface area contributed by atoms with Crippen molar-refractivity contribution in [2.24, 2.45) is 5.41 Å². The second-order valence-electron chi connectivity index (χ2n) is 4.09. The van der Waals surface area contributed by atoms with Gasteiger partial charge >= 0.3 is 0 Å². The molecule has 0 N–H and O–H groups in total. The SMILES string of the molecule is CON(OC)OCCCC(C)(C)C. The van der Waals surface area contributed by atoms with Crippen LogP contribution in [0.15, 0.2) is 0 Å². The molecule has 0 saturated heterocycles. The molecule has 0 aliphatic heterocycles. The summed E-state index contributed by atoms with van der Waals surface area (Å²) in [4.78, 5) is 14.6. The largest absolute Gasteiger partial charge is 0.254 e. The van der Waals surface area contributed by atoms with Crippen molar-refractivity contribution >= 4 is 0 Å². The van der Waals surface area contributed by atoms with Crippen LogP contribution in [0.1, 0.15) is 33.6 Å². The van der Waals surface area contributed by atoms with Gasteiger partial charge in [-0.1, -0.05) is 20.8 Å². The number of nitrogens with zero attached hydrogens (tertiary/aromatic N) is 1. The predicted molar refractivity (Wildman–Crippen MR) is 50.5 cm³/mol. The lowest BCUT2D eigenvalue weighted by atomic mass is 9.91. The van der Waals surface area contributed by atoms with Crippen LogP contribution in [0.25, 0.3) is 0 Å². The van der Waals surface area contributed by atoms with E-state index >= 15 is 0 Å². The lowest BCUT2D eigenvalue weighted by molar-refractivity contribution is -0.510. The van der Waals surface area contributed by atoms with Crippen molar-refractivity contribution in [2.45, 2.75) is 33.6 Å². The molecule has 13 heavy (non-hydrogen) atoms. The molecule has 0 aromatic carbocycles. The Labute approximate surface area is 80.6 Å². The molecule has 0 radical (unpaired) electrons. The molecule has 0 aromatic rings. The standard InChI is InChI=1S/C9H21NO3/c1-9(2,3)7-6-8-13-10(11-4)12-5/h6-8H2,1-5H3. The zero-order valence-electron chi connectivity index (χ0n) is 9.29. The Morgan fingerprint density at radius 2 is 1.62 bits per heavy atom. The van der Waals surface area contributed by atoms with Crippen LogP contribution in [0.2, 0.25) is 0 Å². The maximum atomic E-state index is 5.12. The molecular formula is C9H21NO3. The van der Waals surface area contributed by atoms with E-state index in [1.165, 1.54) is 14.2 Å². The fraction of sp³-hybridized carbons (Fsp3) is 1.00. The highest BCUT2D eigenvalue weighted by atomic mass is 17.2. The molecule has 4 heteroatoms. The van der Waals surface area contributed by atoms with Gasteiger partial charge in [-0.15, -0.1) is 0 Å². The minimum atomic E-state index is 0.355. The van der Waals surface area contributed by atoms with Crippen molar-refractivity contribution in [3.63, 3.8) is 0 Å². The molecule has 0 amide bonds. The number of hydrogen-bond acceptors (Lipinski definition) is 4. The number of rotatable bonds is 6. The molecule has 0 heterocycles. The number of hydrogen-bond donors (Lipinski definition) is 0. The van der Waals surface area contributed by atoms with Gasteiger partial charge in [-0.25, -0.2) is 0 Å². The van der Waals surface area contributed by atoms with Crippen LogP contribution in [0.3, 0.4) is 0 Å². The average molecular weight is 191 g/mol.